The summed E-state index contributed by atoms with van der Waals surface area (Å²) in [4.78, 5) is 17.6. The first-order chi connectivity index (χ1) is 17.4. The molecule has 2 aliphatic rings. The topological polar surface area (TPSA) is 93.5 Å². The summed E-state index contributed by atoms with van der Waals surface area (Å²) < 4.78 is 93.0. The molecule has 2 fully saturated rings. The van der Waals surface area contributed by atoms with Crippen LogP contribution in [0, 0.1) is 5.41 Å². The third-order valence-electron chi connectivity index (χ3n) is 5.76. The van der Waals surface area contributed by atoms with Crippen LogP contribution in [-0.2, 0) is 21.8 Å². The number of hydrogen-bond acceptors (Lipinski definition) is 7. The van der Waals surface area contributed by atoms with Crippen LogP contribution in [0.15, 0.2) is 22.6 Å². The van der Waals surface area contributed by atoms with Gasteiger partial charge in [-0.2, -0.15) is 30.7 Å². The Morgan fingerprint density at radius 2 is 1.51 bits per heavy atom. The van der Waals surface area contributed by atoms with E-state index in [9.17, 15) is 31.1 Å². The molecule has 0 aliphatic carbocycles. The summed E-state index contributed by atoms with van der Waals surface area (Å²) in [5, 5.41) is 10.3. The summed E-state index contributed by atoms with van der Waals surface area (Å²) in [6, 6.07) is 0.0355. The third kappa shape index (κ3) is 8.13. The lowest BCUT2D eigenvalue weighted by Gasteiger charge is -2.36. The second-order valence-corrected chi connectivity index (χ2v) is 8.45. The number of amidine groups is 1. The highest BCUT2D eigenvalue weighted by Crippen LogP contribution is 2.37. The Hall–Kier alpha value is -2.72. The van der Waals surface area contributed by atoms with Gasteiger partial charge in [0.1, 0.15) is 6.61 Å². The Labute approximate surface area is 214 Å². The quantitative estimate of drug-likeness (QED) is 0.229. The van der Waals surface area contributed by atoms with Crippen LogP contribution in [0.2, 0.25) is 0 Å². The minimum Gasteiger partial charge on any atom is -0.474 e. The van der Waals surface area contributed by atoms with E-state index in [0.717, 1.165) is 13.1 Å². The molecule has 2 saturated heterocycles. The predicted octanol–water partition coefficient (Wildman–Crippen LogP) is 3.44. The number of alkyl halides is 6. The van der Waals surface area contributed by atoms with Gasteiger partial charge in [-0.25, -0.2) is 4.79 Å². The molecule has 1 aromatic rings. The third-order valence-corrected chi connectivity index (χ3v) is 5.95. The van der Waals surface area contributed by atoms with Crippen LogP contribution in [0.25, 0.3) is 0 Å². The molecule has 2 aliphatic heterocycles. The fourth-order valence-electron chi connectivity index (χ4n) is 3.77. The second kappa shape index (κ2) is 12.2. The van der Waals surface area contributed by atoms with Gasteiger partial charge in [0, 0.05) is 51.5 Å². The highest BCUT2D eigenvalue weighted by molar-refractivity contribution is 7.79. The molecular weight excluding hydrogens is 530 g/mol. The number of piperazine rings is 1. The number of morpholine rings is 1. The van der Waals surface area contributed by atoms with Gasteiger partial charge in [-0.3, -0.25) is 10.3 Å². The van der Waals surface area contributed by atoms with Gasteiger partial charge in [-0.15, -0.1) is 0 Å². The van der Waals surface area contributed by atoms with Crippen molar-refractivity contribution in [1.82, 2.24) is 14.7 Å². The van der Waals surface area contributed by atoms with E-state index in [1.807, 2.05) is 0 Å². The van der Waals surface area contributed by atoms with Crippen LogP contribution >= 0.6 is 12.8 Å². The van der Waals surface area contributed by atoms with Gasteiger partial charge in [0.25, 0.3) is 5.90 Å². The molecule has 0 spiro atoms. The molecule has 0 aromatic heterocycles. The van der Waals surface area contributed by atoms with Crippen LogP contribution in [0.1, 0.15) is 11.1 Å². The van der Waals surface area contributed by atoms with E-state index in [0.29, 0.717) is 31.9 Å². The maximum absolute atomic E-state index is 13.1. The highest BCUT2D eigenvalue weighted by atomic mass is 32.1. The molecule has 0 atom stereocenters. The van der Waals surface area contributed by atoms with Gasteiger partial charge < -0.3 is 24.6 Å². The van der Waals surface area contributed by atoms with E-state index in [-0.39, 0.29) is 50.6 Å². The van der Waals surface area contributed by atoms with Gasteiger partial charge in [-0.1, -0.05) is 0 Å². The number of ether oxygens (including phenoxy) is 2. The van der Waals surface area contributed by atoms with E-state index in [2.05, 4.69) is 27.4 Å². The largest absolute Gasteiger partial charge is 0.474 e. The molecule has 2 N–H and O–H groups in total. The Bertz CT molecular complexity index is 960. The number of benzene rings is 1. The molecule has 37 heavy (non-hydrogen) atoms. The van der Waals surface area contributed by atoms with Crippen molar-refractivity contribution in [2.75, 3.05) is 71.0 Å². The van der Waals surface area contributed by atoms with Crippen molar-refractivity contribution in [3.05, 3.63) is 29.3 Å². The summed E-state index contributed by atoms with van der Waals surface area (Å²) in [5.41, 5.74) is -3.67. The lowest BCUT2D eigenvalue weighted by atomic mass is 10.1. The second-order valence-electron chi connectivity index (χ2n) is 8.25. The number of nitrogens with zero attached hydrogens (tertiary/aromatic N) is 4. The smallest absolute Gasteiger partial charge is 0.416 e. The maximum Gasteiger partial charge on any atom is 0.416 e. The summed E-state index contributed by atoms with van der Waals surface area (Å²) in [6.07, 6.45) is -10.0. The minimum atomic E-state index is -5.02. The molecule has 1 aromatic carbocycles. The van der Waals surface area contributed by atoms with Crippen molar-refractivity contribution < 1.29 is 40.6 Å². The van der Waals surface area contributed by atoms with E-state index in [1.165, 1.54) is 4.90 Å². The summed E-state index contributed by atoms with van der Waals surface area (Å²) in [7, 11) is 0. The first-order valence-electron chi connectivity index (χ1n) is 11.2. The SMILES string of the molecule is N=C(OCCN1CCOCC1)/C(=N\S)N1CCN(C(=O)Nc2cc(C(F)(F)F)cc(C(F)(F)F)c2)CC1. The number of rotatable bonds is 4. The van der Waals surface area contributed by atoms with E-state index < -0.39 is 35.2 Å². The van der Waals surface area contributed by atoms with Gasteiger partial charge in [-0.05, 0) is 31.0 Å². The molecule has 0 bridgehead atoms. The number of carbonyl (C=O) groups is 1. The Balaban J connectivity index is 1.54. The summed E-state index contributed by atoms with van der Waals surface area (Å²) in [5.74, 6) is -0.0529. The molecule has 0 saturated carbocycles. The van der Waals surface area contributed by atoms with Crippen LogP contribution in [0.3, 0.4) is 0 Å². The first kappa shape index (κ1) is 28.8. The van der Waals surface area contributed by atoms with Crippen molar-refractivity contribution in [1.29, 1.82) is 5.41 Å². The van der Waals surface area contributed by atoms with E-state index >= 15 is 0 Å². The summed E-state index contributed by atoms with van der Waals surface area (Å²) >= 11 is 3.91. The van der Waals surface area contributed by atoms with Crippen molar-refractivity contribution in [2.45, 2.75) is 12.4 Å². The number of thiol groups is 1. The zero-order valence-corrected chi connectivity index (χ0v) is 20.4. The van der Waals surface area contributed by atoms with Crippen LogP contribution in [0.5, 0.6) is 0 Å². The lowest BCUT2D eigenvalue weighted by molar-refractivity contribution is -0.143. The van der Waals surface area contributed by atoms with Crippen molar-refractivity contribution in [3.8, 4) is 0 Å². The monoisotopic (exact) mass is 556 g/mol. The number of amides is 2. The zero-order valence-electron chi connectivity index (χ0n) is 19.5. The Morgan fingerprint density at radius 3 is 2.03 bits per heavy atom. The maximum atomic E-state index is 13.1. The van der Waals surface area contributed by atoms with Gasteiger partial charge in [0.2, 0.25) is 0 Å². The Kier molecular flexibility index (Phi) is 9.52. The van der Waals surface area contributed by atoms with E-state index in [4.69, 9.17) is 14.9 Å². The van der Waals surface area contributed by atoms with Crippen LogP contribution in [0.4, 0.5) is 36.8 Å². The molecule has 2 amide bonds. The van der Waals surface area contributed by atoms with Gasteiger partial charge >= 0.3 is 18.4 Å². The highest BCUT2D eigenvalue weighted by Gasteiger charge is 2.37. The molecule has 3 rings (SSSR count). The van der Waals surface area contributed by atoms with Crippen molar-refractivity contribution in [3.63, 3.8) is 0 Å². The molecular formula is C21H26F6N6O3S. The van der Waals surface area contributed by atoms with Crippen molar-refractivity contribution in [2.24, 2.45) is 4.40 Å². The summed E-state index contributed by atoms with van der Waals surface area (Å²) in [6.45, 7) is 4.20. The molecule has 9 nitrogen and oxygen atoms in total. The predicted molar refractivity (Wildman–Crippen MR) is 126 cm³/mol. The van der Waals surface area contributed by atoms with Crippen LogP contribution < -0.4 is 5.32 Å². The van der Waals surface area contributed by atoms with Gasteiger partial charge in [0.15, 0.2) is 5.84 Å². The lowest BCUT2D eigenvalue weighted by Crippen LogP contribution is -2.53. The number of nitrogens with one attached hydrogen (secondary N) is 2. The number of halogens is 6. The number of urea groups is 1. The molecule has 0 radical (unpaired) electrons. The molecule has 206 valence electrons. The van der Waals surface area contributed by atoms with E-state index in [1.54, 1.807) is 4.90 Å². The standard InChI is InChI=1S/C21H26F6N6O3S/c22-20(23,24)14-11-15(21(25,26)27)13-16(12-14)29-19(34)33-3-1-32(2-4-33)18(30-37)17(28)36-10-7-31-5-8-35-9-6-31/h11-13,28,37H,1-10H2,(H,29,34)/b28-17?,30-18+. The number of anilines is 1. The molecule has 2 heterocycles. The van der Waals surface area contributed by atoms with Crippen molar-refractivity contribution >= 4 is 36.3 Å². The average Bonchev–Trinajstić information content (AvgIpc) is 2.84. The zero-order chi connectivity index (χ0) is 27.2. The minimum absolute atomic E-state index is 0.00921. The first-order valence-corrected chi connectivity index (χ1v) is 11.6. The number of hydrogen-bond donors (Lipinski definition) is 3. The average molecular weight is 557 g/mol. The van der Waals surface area contributed by atoms with Crippen LogP contribution in [-0.4, -0.2) is 98.1 Å². The molecule has 0 unspecified atom stereocenters. The Morgan fingerprint density at radius 1 is 0.973 bits per heavy atom. The fraction of sp³-hybridized carbons (Fsp3) is 0.571. The number of carbonyl (C=O) groups excluding carboxylic acids is 1. The fourth-order valence-corrected chi connectivity index (χ4v) is 3.99. The van der Waals surface area contributed by atoms with Gasteiger partial charge in [0.05, 0.1) is 24.3 Å². The normalized spacial score (nSPS) is 18.1. The molecule has 16 heteroatoms.